The molecule has 0 aliphatic carbocycles. The number of benzene rings is 1. The van der Waals surface area contributed by atoms with Gasteiger partial charge in [-0.1, -0.05) is 17.7 Å². The van der Waals surface area contributed by atoms with Gasteiger partial charge in [0.05, 0.1) is 5.02 Å². The smallest absolute Gasteiger partial charge is 0.141 e. The summed E-state index contributed by atoms with van der Waals surface area (Å²) in [5.74, 6) is -0.497. The first kappa shape index (κ1) is 11.4. The summed E-state index contributed by atoms with van der Waals surface area (Å²) < 4.78 is 26.2. The number of hydrogen-bond donors (Lipinski definition) is 1. The van der Waals surface area contributed by atoms with E-state index >= 15 is 0 Å². The quantitative estimate of drug-likeness (QED) is 0.831. The van der Waals surface area contributed by atoms with Crippen LogP contribution in [0, 0.1) is 5.82 Å². The molecule has 4 heteroatoms. The molecule has 0 aliphatic rings. The van der Waals surface area contributed by atoms with Crippen LogP contribution in [-0.4, -0.2) is 12.2 Å². The van der Waals surface area contributed by atoms with E-state index < -0.39 is 11.5 Å². The fraction of sp³-hybridized carbons (Fsp3) is 0.400. The van der Waals surface area contributed by atoms with Crippen LogP contribution in [0.4, 0.5) is 8.78 Å². The number of hydrogen-bond acceptors (Lipinski definition) is 1. The topological polar surface area (TPSA) is 26.0 Å². The van der Waals surface area contributed by atoms with Crippen molar-refractivity contribution in [2.45, 2.75) is 19.0 Å². The van der Waals surface area contributed by atoms with E-state index in [1.165, 1.54) is 25.1 Å². The van der Waals surface area contributed by atoms with E-state index in [0.717, 1.165) is 0 Å². The van der Waals surface area contributed by atoms with Crippen LogP contribution in [-0.2, 0) is 6.42 Å². The molecule has 0 amide bonds. The van der Waals surface area contributed by atoms with E-state index in [1.807, 2.05) is 0 Å². The van der Waals surface area contributed by atoms with Crippen LogP contribution >= 0.6 is 11.6 Å². The normalized spacial score (nSPS) is 15.2. The third-order valence-corrected chi connectivity index (χ3v) is 2.27. The minimum atomic E-state index is -1.47. The molecule has 0 saturated carbocycles. The summed E-state index contributed by atoms with van der Waals surface area (Å²) >= 11 is 5.56. The molecular formula is C10H12ClF2N. The van der Waals surface area contributed by atoms with Crippen molar-refractivity contribution in [1.82, 2.24) is 0 Å². The van der Waals surface area contributed by atoms with Gasteiger partial charge in [-0.25, -0.2) is 8.78 Å². The highest BCUT2D eigenvalue weighted by Gasteiger charge is 2.21. The maximum absolute atomic E-state index is 13.5. The third-order valence-electron chi connectivity index (χ3n) is 1.98. The van der Waals surface area contributed by atoms with Gasteiger partial charge in [-0.15, -0.1) is 0 Å². The molecule has 0 radical (unpaired) electrons. The van der Waals surface area contributed by atoms with E-state index in [-0.39, 0.29) is 18.0 Å². The van der Waals surface area contributed by atoms with Gasteiger partial charge in [0.1, 0.15) is 11.5 Å². The predicted octanol–water partition coefficient (Wildman–Crippen LogP) is 2.71. The Morgan fingerprint density at radius 1 is 1.50 bits per heavy atom. The van der Waals surface area contributed by atoms with Crippen molar-refractivity contribution in [2.75, 3.05) is 6.54 Å². The van der Waals surface area contributed by atoms with Crippen LogP contribution in [0.3, 0.4) is 0 Å². The highest BCUT2D eigenvalue weighted by molar-refractivity contribution is 6.30. The van der Waals surface area contributed by atoms with Crippen LogP contribution in [0.25, 0.3) is 0 Å². The number of alkyl halides is 1. The second kappa shape index (κ2) is 4.24. The molecule has 1 unspecified atom stereocenters. The highest BCUT2D eigenvalue weighted by atomic mass is 35.5. The van der Waals surface area contributed by atoms with E-state index in [1.54, 1.807) is 0 Å². The number of nitrogens with two attached hydrogens (primary N) is 1. The van der Waals surface area contributed by atoms with E-state index in [2.05, 4.69) is 0 Å². The molecule has 0 fully saturated rings. The van der Waals surface area contributed by atoms with Crippen molar-refractivity contribution in [3.8, 4) is 0 Å². The van der Waals surface area contributed by atoms with Gasteiger partial charge in [-0.2, -0.15) is 0 Å². The lowest BCUT2D eigenvalue weighted by Gasteiger charge is -2.17. The maximum atomic E-state index is 13.5. The van der Waals surface area contributed by atoms with Crippen molar-refractivity contribution < 1.29 is 8.78 Å². The lowest BCUT2D eigenvalue weighted by Crippen LogP contribution is -2.31. The Labute approximate surface area is 86.9 Å². The summed E-state index contributed by atoms with van der Waals surface area (Å²) in [4.78, 5) is 0. The standard InChI is InChI=1S/C10H12ClF2N/c1-10(13,6-14)5-7-2-3-9(12)8(11)4-7/h2-4H,5-6,14H2,1H3. The molecule has 0 saturated heterocycles. The molecule has 2 N–H and O–H groups in total. The first-order chi connectivity index (χ1) is 6.44. The average molecular weight is 220 g/mol. The first-order valence-electron chi connectivity index (χ1n) is 4.27. The number of halogens is 3. The Morgan fingerprint density at radius 2 is 2.14 bits per heavy atom. The zero-order valence-electron chi connectivity index (χ0n) is 7.86. The van der Waals surface area contributed by atoms with Crippen LogP contribution in [0.2, 0.25) is 5.02 Å². The molecule has 1 atom stereocenters. The molecule has 0 heterocycles. The molecule has 0 aromatic heterocycles. The maximum Gasteiger partial charge on any atom is 0.141 e. The molecule has 1 nitrogen and oxygen atoms in total. The summed E-state index contributed by atoms with van der Waals surface area (Å²) in [5.41, 5.74) is 4.41. The molecule has 1 aromatic carbocycles. The predicted molar refractivity (Wildman–Crippen MR) is 53.7 cm³/mol. The average Bonchev–Trinajstić information content (AvgIpc) is 2.11. The van der Waals surface area contributed by atoms with Crippen molar-refractivity contribution >= 4 is 11.6 Å². The fourth-order valence-corrected chi connectivity index (χ4v) is 1.35. The lowest BCUT2D eigenvalue weighted by atomic mass is 9.98. The Morgan fingerprint density at radius 3 is 2.64 bits per heavy atom. The van der Waals surface area contributed by atoms with Crippen molar-refractivity contribution in [3.63, 3.8) is 0 Å². The van der Waals surface area contributed by atoms with E-state index in [9.17, 15) is 8.78 Å². The van der Waals surface area contributed by atoms with Gasteiger partial charge >= 0.3 is 0 Å². The minimum absolute atomic E-state index is 0.00956. The largest absolute Gasteiger partial charge is 0.328 e. The zero-order chi connectivity index (χ0) is 10.8. The minimum Gasteiger partial charge on any atom is -0.328 e. The molecule has 0 aliphatic heterocycles. The number of rotatable bonds is 3. The van der Waals surface area contributed by atoms with Crippen LogP contribution in [0.5, 0.6) is 0 Å². The van der Waals surface area contributed by atoms with Gasteiger partial charge < -0.3 is 5.73 Å². The Bertz CT molecular complexity index is 326. The van der Waals surface area contributed by atoms with Gasteiger partial charge in [-0.05, 0) is 24.6 Å². The van der Waals surface area contributed by atoms with Crippen molar-refractivity contribution in [3.05, 3.63) is 34.6 Å². The Kier molecular flexibility index (Phi) is 3.45. The Hall–Kier alpha value is -0.670. The Balaban J connectivity index is 2.83. The SMILES string of the molecule is CC(F)(CN)Cc1ccc(F)c(Cl)c1. The second-order valence-corrected chi connectivity index (χ2v) is 3.95. The second-order valence-electron chi connectivity index (χ2n) is 3.54. The summed E-state index contributed by atoms with van der Waals surface area (Å²) in [5, 5.41) is 0.00956. The summed E-state index contributed by atoms with van der Waals surface area (Å²) in [6.45, 7) is 1.34. The highest BCUT2D eigenvalue weighted by Crippen LogP contribution is 2.21. The fourth-order valence-electron chi connectivity index (χ4n) is 1.15. The van der Waals surface area contributed by atoms with Gasteiger partial charge in [0.2, 0.25) is 0 Å². The summed E-state index contributed by atoms with van der Waals surface area (Å²) in [6, 6.07) is 4.16. The van der Waals surface area contributed by atoms with Crippen LogP contribution in [0.1, 0.15) is 12.5 Å². The van der Waals surface area contributed by atoms with Gasteiger partial charge in [0, 0.05) is 13.0 Å². The van der Waals surface area contributed by atoms with E-state index in [0.29, 0.717) is 5.56 Å². The molecule has 14 heavy (non-hydrogen) atoms. The van der Waals surface area contributed by atoms with Gasteiger partial charge in [0.25, 0.3) is 0 Å². The lowest BCUT2D eigenvalue weighted by molar-refractivity contribution is 0.200. The van der Waals surface area contributed by atoms with E-state index in [4.69, 9.17) is 17.3 Å². The molecule has 0 spiro atoms. The molecule has 1 rings (SSSR count). The summed E-state index contributed by atoms with van der Waals surface area (Å²) in [6.07, 6.45) is 0.142. The van der Waals surface area contributed by atoms with Crippen LogP contribution in [0.15, 0.2) is 18.2 Å². The molecule has 78 valence electrons. The van der Waals surface area contributed by atoms with Crippen LogP contribution < -0.4 is 5.73 Å². The van der Waals surface area contributed by atoms with Gasteiger partial charge in [0.15, 0.2) is 0 Å². The summed E-state index contributed by atoms with van der Waals surface area (Å²) in [7, 11) is 0. The monoisotopic (exact) mass is 219 g/mol. The van der Waals surface area contributed by atoms with Gasteiger partial charge in [-0.3, -0.25) is 0 Å². The molecule has 1 aromatic rings. The molecule has 0 bridgehead atoms. The zero-order valence-corrected chi connectivity index (χ0v) is 8.61. The van der Waals surface area contributed by atoms with Crippen molar-refractivity contribution in [1.29, 1.82) is 0 Å². The molecular weight excluding hydrogens is 208 g/mol. The third kappa shape index (κ3) is 2.93. The first-order valence-corrected chi connectivity index (χ1v) is 4.65. The van der Waals surface area contributed by atoms with Crippen molar-refractivity contribution in [2.24, 2.45) is 5.73 Å².